The molecule has 2 rings (SSSR count). The third-order valence-electron chi connectivity index (χ3n) is 2.18. The zero-order valence-electron chi connectivity index (χ0n) is 8.61. The Balaban J connectivity index is 1.87. The molecule has 0 aliphatic carbocycles. The Labute approximate surface area is 97.1 Å². The first-order chi connectivity index (χ1) is 7.75. The van der Waals surface area contributed by atoms with Crippen molar-refractivity contribution in [1.29, 1.82) is 0 Å². The van der Waals surface area contributed by atoms with Crippen LogP contribution < -0.4 is 11.1 Å². The number of hydrogen-bond acceptors (Lipinski definition) is 4. The normalized spacial score (nSPS) is 10.6. The van der Waals surface area contributed by atoms with Crippen molar-refractivity contribution in [2.45, 2.75) is 13.1 Å². The first-order valence-corrected chi connectivity index (χ1v) is 5.81. The average molecular weight is 237 g/mol. The van der Waals surface area contributed by atoms with Gasteiger partial charge in [0.2, 0.25) is 0 Å². The van der Waals surface area contributed by atoms with Crippen molar-refractivity contribution in [2.24, 2.45) is 0 Å². The minimum absolute atomic E-state index is 0.184. The first kappa shape index (κ1) is 11.0. The van der Waals surface area contributed by atoms with Crippen LogP contribution >= 0.6 is 11.3 Å². The second kappa shape index (κ2) is 5.05. The summed E-state index contributed by atoms with van der Waals surface area (Å²) in [5.41, 5.74) is 9.24. The molecule has 0 saturated carbocycles. The van der Waals surface area contributed by atoms with Crippen molar-refractivity contribution in [3.8, 4) is 0 Å². The van der Waals surface area contributed by atoms with Crippen LogP contribution in [0.5, 0.6) is 0 Å². The molecule has 16 heavy (non-hydrogen) atoms. The number of rotatable bonds is 4. The van der Waals surface area contributed by atoms with Gasteiger partial charge in [0.25, 0.3) is 0 Å². The average Bonchev–Trinajstić information content (AvgIpc) is 2.76. The Morgan fingerprint density at radius 1 is 1.38 bits per heavy atom. The van der Waals surface area contributed by atoms with Gasteiger partial charge in [0.15, 0.2) is 0 Å². The van der Waals surface area contributed by atoms with Crippen molar-refractivity contribution in [3.63, 3.8) is 0 Å². The van der Waals surface area contributed by atoms with E-state index in [2.05, 4.69) is 10.3 Å². The summed E-state index contributed by atoms with van der Waals surface area (Å²) in [6.07, 6.45) is 0. The molecule has 84 valence electrons. The highest BCUT2D eigenvalue weighted by molar-refractivity contribution is 7.07. The monoisotopic (exact) mass is 237 g/mol. The predicted molar refractivity (Wildman–Crippen MR) is 63.5 cm³/mol. The van der Waals surface area contributed by atoms with Crippen LogP contribution in [-0.2, 0) is 13.1 Å². The highest BCUT2D eigenvalue weighted by Crippen LogP contribution is 2.11. The van der Waals surface area contributed by atoms with E-state index in [1.54, 1.807) is 22.9 Å². The molecular formula is C11H12FN3S. The molecule has 1 aromatic carbocycles. The molecular weight excluding hydrogens is 225 g/mol. The predicted octanol–water partition coefficient (Wildman–Crippen LogP) is 2.15. The molecule has 0 spiro atoms. The molecule has 0 aliphatic heterocycles. The molecule has 0 amide bonds. The van der Waals surface area contributed by atoms with Gasteiger partial charge in [-0.3, -0.25) is 0 Å². The summed E-state index contributed by atoms with van der Waals surface area (Å²) < 4.78 is 13.1. The molecule has 0 saturated heterocycles. The highest BCUT2D eigenvalue weighted by atomic mass is 32.1. The van der Waals surface area contributed by atoms with E-state index < -0.39 is 0 Å². The smallest absolute Gasteiger partial charge is 0.146 e. The summed E-state index contributed by atoms with van der Waals surface area (Å²) in [5.74, 6) is -0.368. The maximum absolute atomic E-state index is 13.1. The van der Waals surface area contributed by atoms with Crippen molar-refractivity contribution in [3.05, 3.63) is 46.2 Å². The maximum Gasteiger partial charge on any atom is 0.146 e. The summed E-state index contributed by atoms with van der Waals surface area (Å²) in [6.45, 7) is 1.30. The van der Waals surface area contributed by atoms with Crippen LogP contribution in [0, 0.1) is 5.82 Å². The standard InChI is InChI=1S/C11H12FN3S/c12-10-3-8(1-2-11(10)13)4-14-5-9-6-16-7-15-9/h1-3,6-7,14H,4-5,13H2. The van der Waals surface area contributed by atoms with Crippen LogP contribution in [-0.4, -0.2) is 4.98 Å². The van der Waals surface area contributed by atoms with E-state index in [0.717, 1.165) is 11.3 Å². The highest BCUT2D eigenvalue weighted by Gasteiger charge is 2.00. The SMILES string of the molecule is Nc1ccc(CNCc2cscn2)cc1F. The Bertz CT molecular complexity index is 456. The molecule has 0 unspecified atom stereocenters. The van der Waals surface area contributed by atoms with Gasteiger partial charge in [-0.15, -0.1) is 11.3 Å². The first-order valence-electron chi connectivity index (χ1n) is 4.87. The molecule has 0 fully saturated rings. The summed E-state index contributed by atoms with van der Waals surface area (Å²) >= 11 is 1.56. The van der Waals surface area contributed by atoms with E-state index in [0.29, 0.717) is 13.1 Å². The van der Waals surface area contributed by atoms with Gasteiger partial charge in [0.05, 0.1) is 16.9 Å². The number of halogens is 1. The van der Waals surface area contributed by atoms with Crippen molar-refractivity contribution >= 4 is 17.0 Å². The number of aromatic nitrogens is 1. The fourth-order valence-electron chi connectivity index (χ4n) is 1.34. The number of nitrogens with two attached hydrogens (primary N) is 1. The Kier molecular flexibility index (Phi) is 3.48. The third kappa shape index (κ3) is 2.77. The van der Waals surface area contributed by atoms with E-state index in [1.165, 1.54) is 6.07 Å². The van der Waals surface area contributed by atoms with E-state index in [-0.39, 0.29) is 11.5 Å². The van der Waals surface area contributed by atoms with E-state index in [4.69, 9.17) is 5.73 Å². The Morgan fingerprint density at radius 2 is 2.25 bits per heavy atom. The number of thiazole rings is 1. The number of anilines is 1. The van der Waals surface area contributed by atoms with Crippen molar-refractivity contribution in [2.75, 3.05) is 5.73 Å². The fraction of sp³-hybridized carbons (Fsp3) is 0.182. The topological polar surface area (TPSA) is 50.9 Å². The quantitative estimate of drug-likeness (QED) is 0.801. The van der Waals surface area contributed by atoms with Gasteiger partial charge in [0, 0.05) is 18.5 Å². The van der Waals surface area contributed by atoms with Gasteiger partial charge in [-0.25, -0.2) is 9.37 Å². The van der Waals surface area contributed by atoms with Gasteiger partial charge in [0.1, 0.15) is 5.82 Å². The summed E-state index contributed by atoms with van der Waals surface area (Å²) in [5, 5.41) is 5.17. The third-order valence-corrected chi connectivity index (χ3v) is 2.82. The Hall–Kier alpha value is -1.46. The second-order valence-electron chi connectivity index (χ2n) is 3.44. The van der Waals surface area contributed by atoms with Crippen LogP contribution in [0.2, 0.25) is 0 Å². The van der Waals surface area contributed by atoms with Gasteiger partial charge >= 0.3 is 0 Å². The van der Waals surface area contributed by atoms with Crippen LogP contribution in [0.15, 0.2) is 29.1 Å². The molecule has 0 atom stereocenters. The lowest BCUT2D eigenvalue weighted by molar-refractivity contribution is 0.624. The summed E-state index contributed by atoms with van der Waals surface area (Å²) in [4.78, 5) is 4.14. The molecule has 3 nitrogen and oxygen atoms in total. The molecule has 1 aromatic heterocycles. The fourth-order valence-corrected chi connectivity index (χ4v) is 1.90. The van der Waals surface area contributed by atoms with Crippen LogP contribution in [0.3, 0.4) is 0 Å². The zero-order valence-corrected chi connectivity index (χ0v) is 9.43. The van der Waals surface area contributed by atoms with Crippen LogP contribution in [0.4, 0.5) is 10.1 Å². The van der Waals surface area contributed by atoms with Gasteiger partial charge in [-0.2, -0.15) is 0 Å². The number of nitrogens with zero attached hydrogens (tertiary/aromatic N) is 1. The summed E-state index contributed by atoms with van der Waals surface area (Å²) in [6, 6.07) is 4.84. The maximum atomic E-state index is 13.1. The second-order valence-corrected chi connectivity index (χ2v) is 4.16. The molecule has 0 bridgehead atoms. The lowest BCUT2D eigenvalue weighted by atomic mass is 10.2. The Morgan fingerprint density at radius 3 is 2.94 bits per heavy atom. The van der Waals surface area contributed by atoms with Crippen molar-refractivity contribution < 1.29 is 4.39 Å². The lowest BCUT2D eigenvalue weighted by Crippen LogP contribution is -2.13. The molecule has 2 aromatic rings. The molecule has 0 aliphatic rings. The minimum atomic E-state index is -0.368. The van der Waals surface area contributed by atoms with Gasteiger partial charge < -0.3 is 11.1 Å². The molecule has 1 heterocycles. The minimum Gasteiger partial charge on any atom is -0.396 e. The largest absolute Gasteiger partial charge is 0.396 e. The lowest BCUT2D eigenvalue weighted by Gasteiger charge is -2.04. The van der Waals surface area contributed by atoms with E-state index in [1.807, 2.05) is 11.4 Å². The molecule has 0 radical (unpaired) electrons. The van der Waals surface area contributed by atoms with E-state index >= 15 is 0 Å². The summed E-state index contributed by atoms with van der Waals surface area (Å²) in [7, 11) is 0. The van der Waals surface area contributed by atoms with Gasteiger partial charge in [-0.05, 0) is 17.7 Å². The number of nitrogen functional groups attached to an aromatic ring is 1. The number of hydrogen-bond donors (Lipinski definition) is 2. The van der Waals surface area contributed by atoms with Crippen LogP contribution in [0.1, 0.15) is 11.3 Å². The number of nitrogens with one attached hydrogen (secondary N) is 1. The zero-order chi connectivity index (χ0) is 11.4. The van der Waals surface area contributed by atoms with E-state index in [9.17, 15) is 4.39 Å². The van der Waals surface area contributed by atoms with Crippen LogP contribution in [0.25, 0.3) is 0 Å². The molecule has 3 N–H and O–H groups in total. The number of benzene rings is 1. The van der Waals surface area contributed by atoms with Gasteiger partial charge in [-0.1, -0.05) is 6.07 Å². The van der Waals surface area contributed by atoms with Crippen molar-refractivity contribution in [1.82, 2.24) is 10.3 Å². The molecule has 5 heteroatoms.